The zero-order chi connectivity index (χ0) is 16.2. The van der Waals surface area contributed by atoms with E-state index in [0.717, 1.165) is 12.8 Å². The Kier molecular flexibility index (Phi) is 5.44. The van der Waals surface area contributed by atoms with Gasteiger partial charge in [0.2, 0.25) is 5.91 Å². The average Bonchev–Trinajstić information content (AvgIpc) is 2.45. The number of alkyl halides is 3. The van der Waals surface area contributed by atoms with Gasteiger partial charge in [0.05, 0.1) is 17.8 Å². The number of nitrogens with zero attached hydrogens (tertiary/aromatic N) is 2. The molecule has 1 aromatic heterocycles. The minimum absolute atomic E-state index is 0.207. The molecule has 2 N–H and O–H groups in total. The van der Waals surface area contributed by atoms with E-state index in [4.69, 9.17) is 11.6 Å². The molecule has 122 valence electrons. The molecule has 1 aliphatic carbocycles. The predicted molar refractivity (Wildman–Crippen MR) is 75.5 cm³/mol. The van der Waals surface area contributed by atoms with Gasteiger partial charge in [-0.3, -0.25) is 4.79 Å². The summed E-state index contributed by atoms with van der Waals surface area (Å²) in [7, 11) is 0. The third-order valence-electron chi connectivity index (χ3n) is 3.54. The summed E-state index contributed by atoms with van der Waals surface area (Å²) in [4.78, 5) is 12.0. The van der Waals surface area contributed by atoms with Crippen molar-refractivity contribution < 1.29 is 18.0 Å². The van der Waals surface area contributed by atoms with Crippen LogP contribution in [0.5, 0.6) is 0 Å². The molecule has 0 unspecified atom stereocenters. The SMILES string of the molecule is O=C(NCC(F)(F)F)[C@H]1CCCC[C@H]1Nc1cnnc(Cl)c1. The van der Waals surface area contributed by atoms with Crippen molar-refractivity contribution in [3.8, 4) is 0 Å². The number of halogens is 4. The zero-order valence-electron chi connectivity index (χ0n) is 11.7. The first-order chi connectivity index (χ1) is 10.3. The van der Waals surface area contributed by atoms with Gasteiger partial charge < -0.3 is 10.6 Å². The lowest BCUT2D eigenvalue weighted by Gasteiger charge is -2.32. The fraction of sp³-hybridized carbons (Fsp3) is 0.615. The van der Waals surface area contributed by atoms with Crippen molar-refractivity contribution in [1.29, 1.82) is 0 Å². The van der Waals surface area contributed by atoms with Gasteiger partial charge in [0.25, 0.3) is 0 Å². The number of hydrogen-bond donors (Lipinski definition) is 2. The molecule has 1 heterocycles. The van der Waals surface area contributed by atoms with E-state index in [0.29, 0.717) is 18.5 Å². The maximum absolute atomic E-state index is 12.2. The van der Waals surface area contributed by atoms with E-state index in [1.807, 2.05) is 5.32 Å². The summed E-state index contributed by atoms with van der Waals surface area (Å²) in [6.45, 7) is -1.31. The molecular weight excluding hydrogens is 321 g/mol. The highest BCUT2D eigenvalue weighted by molar-refractivity contribution is 6.29. The van der Waals surface area contributed by atoms with Crippen LogP contribution in [0.25, 0.3) is 0 Å². The Morgan fingerprint density at radius 2 is 2.09 bits per heavy atom. The summed E-state index contributed by atoms with van der Waals surface area (Å²) < 4.78 is 36.6. The lowest BCUT2D eigenvalue weighted by molar-refractivity contribution is -0.141. The Labute approximate surface area is 130 Å². The molecule has 1 saturated carbocycles. The van der Waals surface area contributed by atoms with Crippen molar-refractivity contribution in [2.24, 2.45) is 5.92 Å². The van der Waals surface area contributed by atoms with Crippen molar-refractivity contribution in [3.05, 3.63) is 17.4 Å². The molecule has 9 heteroatoms. The molecule has 0 aromatic carbocycles. The molecule has 1 aliphatic rings. The topological polar surface area (TPSA) is 66.9 Å². The quantitative estimate of drug-likeness (QED) is 0.887. The molecule has 1 aromatic rings. The maximum Gasteiger partial charge on any atom is 0.405 e. The highest BCUT2D eigenvalue weighted by Gasteiger charge is 2.34. The van der Waals surface area contributed by atoms with Crippen LogP contribution in [0.1, 0.15) is 25.7 Å². The number of rotatable bonds is 4. The number of carbonyl (C=O) groups excluding carboxylic acids is 1. The van der Waals surface area contributed by atoms with Crippen LogP contribution in [0.4, 0.5) is 18.9 Å². The van der Waals surface area contributed by atoms with E-state index in [1.54, 1.807) is 6.07 Å². The first kappa shape index (κ1) is 16.8. The van der Waals surface area contributed by atoms with Crippen molar-refractivity contribution in [1.82, 2.24) is 15.5 Å². The standard InChI is InChI=1S/C13H16ClF3N4O/c14-11-5-8(6-19-21-11)20-10-4-2-1-3-9(10)12(22)18-7-13(15,16)17/h5-6,9-10H,1-4,7H2,(H,18,22)(H,20,21)/t9-,10+/m0/s1. The highest BCUT2D eigenvalue weighted by Crippen LogP contribution is 2.28. The molecule has 0 saturated heterocycles. The van der Waals surface area contributed by atoms with Gasteiger partial charge in [0.15, 0.2) is 5.15 Å². The van der Waals surface area contributed by atoms with E-state index in [2.05, 4.69) is 15.5 Å². The van der Waals surface area contributed by atoms with E-state index in [1.165, 1.54) is 6.20 Å². The van der Waals surface area contributed by atoms with E-state index >= 15 is 0 Å². The van der Waals surface area contributed by atoms with Crippen LogP contribution in [-0.2, 0) is 4.79 Å². The summed E-state index contributed by atoms with van der Waals surface area (Å²) in [5.74, 6) is -1.09. The Hall–Kier alpha value is -1.57. The van der Waals surface area contributed by atoms with Gasteiger partial charge in [-0.15, -0.1) is 5.10 Å². The van der Waals surface area contributed by atoms with Crippen molar-refractivity contribution in [2.75, 3.05) is 11.9 Å². The summed E-state index contributed by atoms with van der Waals surface area (Å²) in [5, 5.41) is 12.6. The molecule has 0 bridgehead atoms. The van der Waals surface area contributed by atoms with Crippen LogP contribution in [0, 0.1) is 5.92 Å². The van der Waals surface area contributed by atoms with Crippen LogP contribution in [0.3, 0.4) is 0 Å². The maximum atomic E-state index is 12.2. The fourth-order valence-corrected chi connectivity index (χ4v) is 2.73. The predicted octanol–water partition coefficient (Wildman–Crippen LogP) is 2.78. The zero-order valence-corrected chi connectivity index (χ0v) is 12.4. The Morgan fingerprint density at radius 1 is 1.36 bits per heavy atom. The number of carbonyl (C=O) groups is 1. The summed E-state index contributed by atoms with van der Waals surface area (Å²) in [6, 6.07) is 1.32. The molecule has 2 atom stereocenters. The molecule has 2 rings (SSSR count). The first-order valence-corrected chi connectivity index (χ1v) is 7.32. The fourth-order valence-electron chi connectivity index (χ4n) is 2.57. The molecule has 1 fully saturated rings. The van der Waals surface area contributed by atoms with Crippen LogP contribution < -0.4 is 10.6 Å². The van der Waals surface area contributed by atoms with Crippen LogP contribution in [0.15, 0.2) is 12.3 Å². The third kappa shape index (κ3) is 5.01. The molecule has 1 amide bonds. The number of anilines is 1. The van der Waals surface area contributed by atoms with Gasteiger partial charge in [-0.05, 0) is 12.8 Å². The Balaban J connectivity index is 2.00. The van der Waals surface area contributed by atoms with Gasteiger partial charge >= 0.3 is 6.18 Å². The van der Waals surface area contributed by atoms with E-state index in [9.17, 15) is 18.0 Å². The first-order valence-electron chi connectivity index (χ1n) is 6.94. The summed E-state index contributed by atoms with van der Waals surface area (Å²) >= 11 is 5.74. The van der Waals surface area contributed by atoms with Crippen LogP contribution in [-0.4, -0.2) is 34.9 Å². The third-order valence-corrected chi connectivity index (χ3v) is 3.73. The minimum Gasteiger partial charge on any atom is -0.380 e. The lowest BCUT2D eigenvalue weighted by atomic mass is 9.83. The van der Waals surface area contributed by atoms with E-state index < -0.39 is 24.5 Å². The molecule has 0 spiro atoms. The Bertz CT molecular complexity index is 526. The number of nitrogens with one attached hydrogen (secondary N) is 2. The largest absolute Gasteiger partial charge is 0.405 e. The molecular formula is C13H16ClF3N4O. The average molecular weight is 337 g/mol. The molecule has 0 radical (unpaired) electrons. The minimum atomic E-state index is -4.41. The summed E-state index contributed by atoms with van der Waals surface area (Å²) in [5.41, 5.74) is 0.598. The summed E-state index contributed by atoms with van der Waals surface area (Å²) in [6.07, 6.45) is 0.0310. The second-order valence-electron chi connectivity index (χ2n) is 5.24. The van der Waals surface area contributed by atoms with E-state index in [-0.39, 0.29) is 11.2 Å². The van der Waals surface area contributed by atoms with Gasteiger partial charge in [0, 0.05) is 12.1 Å². The van der Waals surface area contributed by atoms with Crippen molar-refractivity contribution >= 4 is 23.2 Å². The lowest BCUT2D eigenvalue weighted by Crippen LogP contribution is -2.45. The highest BCUT2D eigenvalue weighted by atomic mass is 35.5. The number of hydrogen-bond acceptors (Lipinski definition) is 4. The van der Waals surface area contributed by atoms with Crippen LogP contribution in [0.2, 0.25) is 5.15 Å². The molecule has 5 nitrogen and oxygen atoms in total. The van der Waals surface area contributed by atoms with Gasteiger partial charge in [-0.25, -0.2) is 0 Å². The molecule has 0 aliphatic heterocycles. The van der Waals surface area contributed by atoms with Crippen LogP contribution >= 0.6 is 11.6 Å². The monoisotopic (exact) mass is 336 g/mol. The second kappa shape index (κ2) is 7.13. The second-order valence-corrected chi connectivity index (χ2v) is 5.63. The van der Waals surface area contributed by atoms with Gasteiger partial charge in [-0.1, -0.05) is 24.4 Å². The van der Waals surface area contributed by atoms with Crippen molar-refractivity contribution in [3.63, 3.8) is 0 Å². The van der Waals surface area contributed by atoms with Gasteiger partial charge in [-0.2, -0.15) is 18.3 Å². The number of amides is 1. The normalized spacial score (nSPS) is 22.2. The van der Waals surface area contributed by atoms with Crippen molar-refractivity contribution in [2.45, 2.75) is 37.9 Å². The number of aromatic nitrogens is 2. The molecule has 22 heavy (non-hydrogen) atoms. The smallest absolute Gasteiger partial charge is 0.380 e. The Morgan fingerprint density at radius 3 is 2.77 bits per heavy atom. The van der Waals surface area contributed by atoms with Gasteiger partial charge in [0.1, 0.15) is 6.54 Å².